The summed E-state index contributed by atoms with van der Waals surface area (Å²) in [5.74, 6) is 0.676. The van der Waals surface area contributed by atoms with Crippen LogP contribution in [0.4, 0.5) is 5.69 Å². The van der Waals surface area contributed by atoms with E-state index in [0.29, 0.717) is 43.7 Å². The first-order valence-electron chi connectivity index (χ1n) is 10.4. The van der Waals surface area contributed by atoms with Crippen LogP contribution < -0.4 is 10.6 Å². The number of hydrogen-bond acceptors (Lipinski definition) is 3. The Morgan fingerprint density at radius 3 is 2.58 bits per heavy atom. The molecule has 1 saturated heterocycles. The maximum Gasteiger partial charge on any atom is 0.242 e. The summed E-state index contributed by atoms with van der Waals surface area (Å²) in [6.07, 6.45) is 0. The molecule has 2 N–H and O–H groups in total. The van der Waals surface area contributed by atoms with Crippen molar-refractivity contribution in [3.63, 3.8) is 0 Å². The van der Waals surface area contributed by atoms with Crippen molar-refractivity contribution in [1.82, 2.24) is 15.1 Å². The minimum absolute atomic E-state index is 0.0689. The van der Waals surface area contributed by atoms with Crippen molar-refractivity contribution in [2.45, 2.75) is 26.9 Å². The molecule has 0 aromatic heterocycles. The van der Waals surface area contributed by atoms with Gasteiger partial charge in [-0.25, -0.2) is 4.99 Å². The third-order valence-corrected chi connectivity index (χ3v) is 5.15. The average molecular weight is 442 g/mol. The first kappa shape index (κ1) is 22.6. The predicted octanol–water partition coefficient (Wildman–Crippen LogP) is 3.11. The minimum Gasteiger partial charge on any atom is -0.356 e. The van der Waals surface area contributed by atoms with E-state index in [0.717, 1.165) is 16.8 Å². The van der Waals surface area contributed by atoms with Crippen molar-refractivity contribution >= 4 is 35.1 Å². The minimum atomic E-state index is -0.107. The average Bonchev–Trinajstić information content (AvgIpc) is 2.74. The van der Waals surface area contributed by atoms with Gasteiger partial charge in [0.25, 0.3) is 0 Å². The number of carbonyl (C=O) groups excluding carboxylic acids is 2. The quantitative estimate of drug-likeness (QED) is 0.533. The lowest BCUT2D eigenvalue weighted by Crippen LogP contribution is -2.54. The van der Waals surface area contributed by atoms with Crippen molar-refractivity contribution in [1.29, 1.82) is 0 Å². The van der Waals surface area contributed by atoms with Gasteiger partial charge >= 0.3 is 0 Å². The van der Waals surface area contributed by atoms with Crippen LogP contribution in [0.2, 0.25) is 5.02 Å². The summed E-state index contributed by atoms with van der Waals surface area (Å²) in [6.45, 7) is 6.85. The van der Waals surface area contributed by atoms with Gasteiger partial charge in [-0.15, -0.1) is 0 Å². The van der Waals surface area contributed by atoms with E-state index in [2.05, 4.69) is 10.6 Å². The molecule has 8 heteroatoms. The lowest BCUT2D eigenvalue weighted by Gasteiger charge is -2.36. The van der Waals surface area contributed by atoms with Crippen LogP contribution in [0.5, 0.6) is 0 Å². The highest BCUT2D eigenvalue weighted by Gasteiger charge is 2.26. The highest BCUT2D eigenvalue weighted by molar-refractivity contribution is 6.30. The number of carbonyl (C=O) groups is 2. The fourth-order valence-corrected chi connectivity index (χ4v) is 3.54. The lowest BCUT2D eigenvalue weighted by molar-refractivity contribution is -0.135. The monoisotopic (exact) mass is 441 g/mol. The summed E-state index contributed by atoms with van der Waals surface area (Å²) in [5.41, 5.74) is 2.79. The van der Waals surface area contributed by atoms with Gasteiger partial charge in [0, 0.05) is 43.8 Å². The maximum absolute atomic E-state index is 12.7. The molecule has 3 rings (SSSR count). The Morgan fingerprint density at radius 2 is 1.90 bits per heavy atom. The largest absolute Gasteiger partial charge is 0.356 e. The molecule has 0 radical (unpaired) electrons. The second-order valence-electron chi connectivity index (χ2n) is 7.42. The van der Waals surface area contributed by atoms with Gasteiger partial charge in [-0.3, -0.25) is 9.59 Å². The Morgan fingerprint density at radius 1 is 1.13 bits per heavy atom. The molecular weight excluding hydrogens is 414 g/mol. The van der Waals surface area contributed by atoms with Gasteiger partial charge in [0.05, 0.1) is 13.1 Å². The number of aliphatic imine (C=N–C) groups is 1. The van der Waals surface area contributed by atoms with Crippen LogP contribution in [-0.2, 0) is 22.7 Å². The van der Waals surface area contributed by atoms with Crippen LogP contribution in [0.3, 0.4) is 0 Å². The predicted molar refractivity (Wildman–Crippen MR) is 124 cm³/mol. The van der Waals surface area contributed by atoms with E-state index < -0.39 is 0 Å². The number of hydrogen-bond donors (Lipinski definition) is 2. The summed E-state index contributed by atoms with van der Waals surface area (Å²) < 4.78 is 0. The van der Waals surface area contributed by atoms with Gasteiger partial charge in [0.2, 0.25) is 11.8 Å². The van der Waals surface area contributed by atoms with Crippen molar-refractivity contribution in [2.75, 3.05) is 31.5 Å². The van der Waals surface area contributed by atoms with Gasteiger partial charge in [-0.2, -0.15) is 0 Å². The fraction of sp³-hybridized carbons (Fsp3) is 0.348. The van der Waals surface area contributed by atoms with Gasteiger partial charge in [0.15, 0.2) is 5.96 Å². The standard InChI is InChI=1S/C23H28ClN5O2/c1-3-25-23(26-14-19-5-4-6-21(13-19)27-17(2)30)29-12-11-28(22(31)16-29)15-18-7-9-20(24)10-8-18/h4-10,13H,3,11-12,14-16H2,1-2H3,(H,25,26)(H,27,30). The third-order valence-electron chi connectivity index (χ3n) is 4.90. The van der Waals surface area contributed by atoms with E-state index in [-0.39, 0.29) is 18.4 Å². The number of nitrogens with one attached hydrogen (secondary N) is 2. The Bertz CT molecular complexity index is 945. The number of anilines is 1. The van der Waals surface area contributed by atoms with Crippen molar-refractivity contribution in [2.24, 2.45) is 4.99 Å². The first-order valence-corrected chi connectivity index (χ1v) is 10.7. The normalized spacial score (nSPS) is 14.5. The topological polar surface area (TPSA) is 77.0 Å². The van der Waals surface area contributed by atoms with Crippen LogP contribution in [0.15, 0.2) is 53.5 Å². The number of guanidine groups is 1. The van der Waals surface area contributed by atoms with E-state index >= 15 is 0 Å². The Hall–Kier alpha value is -3.06. The van der Waals surface area contributed by atoms with E-state index in [1.54, 1.807) is 0 Å². The van der Waals surface area contributed by atoms with Gasteiger partial charge in [-0.1, -0.05) is 35.9 Å². The summed E-state index contributed by atoms with van der Waals surface area (Å²) in [7, 11) is 0. The number of halogens is 1. The van der Waals surface area contributed by atoms with E-state index in [1.807, 2.05) is 65.3 Å². The number of benzene rings is 2. The van der Waals surface area contributed by atoms with Crippen LogP contribution >= 0.6 is 11.6 Å². The second-order valence-corrected chi connectivity index (χ2v) is 7.85. The molecule has 1 heterocycles. The Balaban J connectivity index is 1.63. The first-order chi connectivity index (χ1) is 14.9. The summed E-state index contributed by atoms with van der Waals surface area (Å²) in [4.78, 5) is 32.6. The molecule has 2 amide bonds. The number of nitrogens with zero attached hydrogens (tertiary/aromatic N) is 3. The van der Waals surface area contributed by atoms with Crippen LogP contribution in [0, 0.1) is 0 Å². The molecule has 0 aliphatic carbocycles. The van der Waals surface area contributed by atoms with Gasteiger partial charge in [-0.05, 0) is 42.3 Å². The molecule has 1 aliphatic rings. The van der Waals surface area contributed by atoms with Gasteiger partial charge < -0.3 is 20.4 Å². The molecule has 0 bridgehead atoms. The molecule has 0 atom stereocenters. The maximum atomic E-state index is 12.7. The number of amides is 2. The van der Waals surface area contributed by atoms with Crippen molar-refractivity contribution < 1.29 is 9.59 Å². The smallest absolute Gasteiger partial charge is 0.242 e. The molecule has 0 spiro atoms. The fourth-order valence-electron chi connectivity index (χ4n) is 3.41. The van der Waals surface area contributed by atoms with E-state index in [1.165, 1.54) is 6.92 Å². The molecule has 0 saturated carbocycles. The summed E-state index contributed by atoms with van der Waals surface area (Å²) in [6, 6.07) is 15.2. The Labute approximate surface area is 188 Å². The molecular formula is C23H28ClN5O2. The zero-order valence-electron chi connectivity index (χ0n) is 17.9. The molecule has 7 nitrogen and oxygen atoms in total. The molecule has 0 unspecified atom stereocenters. The zero-order chi connectivity index (χ0) is 22.2. The molecule has 2 aromatic carbocycles. The second kappa shape index (κ2) is 10.8. The highest BCUT2D eigenvalue weighted by atomic mass is 35.5. The zero-order valence-corrected chi connectivity index (χ0v) is 18.7. The summed E-state index contributed by atoms with van der Waals surface area (Å²) in [5, 5.41) is 6.75. The highest BCUT2D eigenvalue weighted by Crippen LogP contribution is 2.15. The number of rotatable bonds is 6. The molecule has 2 aromatic rings. The summed E-state index contributed by atoms with van der Waals surface area (Å²) >= 11 is 5.95. The third kappa shape index (κ3) is 6.72. The van der Waals surface area contributed by atoms with Crippen molar-refractivity contribution in [3.05, 3.63) is 64.7 Å². The van der Waals surface area contributed by atoms with Gasteiger partial charge in [0.1, 0.15) is 0 Å². The van der Waals surface area contributed by atoms with E-state index in [4.69, 9.17) is 16.6 Å². The van der Waals surface area contributed by atoms with Crippen LogP contribution in [0.1, 0.15) is 25.0 Å². The molecule has 164 valence electrons. The van der Waals surface area contributed by atoms with Crippen molar-refractivity contribution in [3.8, 4) is 0 Å². The van der Waals surface area contributed by atoms with E-state index in [9.17, 15) is 9.59 Å². The van der Waals surface area contributed by atoms with Crippen LogP contribution in [-0.4, -0.2) is 53.8 Å². The molecule has 31 heavy (non-hydrogen) atoms. The molecule has 1 fully saturated rings. The SMILES string of the molecule is CCNC(=NCc1cccc(NC(C)=O)c1)N1CCN(Cc2ccc(Cl)cc2)C(=O)C1. The Kier molecular flexibility index (Phi) is 7.89. The van der Waals surface area contributed by atoms with Crippen LogP contribution in [0.25, 0.3) is 0 Å². The number of piperazine rings is 1. The molecule has 1 aliphatic heterocycles. The lowest BCUT2D eigenvalue weighted by atomic mass is 10.2.